The summed E-state index contributed by atoms with van der Waals surface area (Å²) in [4.78, 5) is 7.53. The van der Waals surface area contributed by atoms with Crippen molar-refractivity contribution in [3.8, 4) is 0 Å². The fraction of sp³-hybridized carbons (Fsp3) is 0.242. The molecule has 0 radical (unpaired) electrons. The number of hydrogen-bond acceptors (Lipinski definition) is 3. The first-order valence-corrected chi connectivity index (χ1v) is 13.6. The molecule has 1 saturated heterocycles. The molecular weight excluding hydrogens is 490 g/mol. The Morgan fingerprint density at radius 1 is 0.744 bits per heavy atom. The predicted octanol–water partition coefficient (Wildman–Crippen LogP) is 7.07. The first-order chi connectivity index (χ1) is 19.1. The van der Waals surface area contributed by atoms with E-state index in [9.17, 15) is 8.78 Å². The number of benzene rings is 4. The van der Waals surface area contributed by atoms with Crippen molar-refractivity contribution in [1.82, 2.24) is 14.5 Å². The molecule has 1 aliphatic rings. The van der Waals surface area contributed by atoms with Gasteiger partial charge in [0.2, 0.25) is 5.95 Å². The van der Waals surface area contributed by atoms with Crippen molar-refractivity contribution in [2.45, 2.75) is 31.3 Å². The van der Waals surface area contributed by atoms with Gasteiger partial charge in [-0.15, -0.1) is 0 Å². The Labute approximate surface area is 227 Å². The number of para-hydroxylation sites is 2. The average molecular weight is 523 g/mol. The van der Waals surface area contributed by atoms with Crippen LogP contribution in [0.5, 0.6) is 0 Å². The number of nitrogens with one attached hydrogen (secondary N) is 1. The maximum Gasteiger partial charge on any atom is 0.204 e. The lowest BCUT2D eigenvalue weighted by Crippen LogP contribution is -2.40. The van der Waals surface area contributed by atoms with Crippen molar-refractivity contribution in [1.29, 1.82) is 0 Å². The number of anilines is 1. The highest BCUT2D eigenvalue weighted by Crippen LogP contribution is 2.35. The second-order valence-corrected chi connectivity index (χ2v) is 10.3. The Morgan fingerprint density at radius 3 is 1.97 bits per heavy atom. The van der Waals surface area contributed by atoms with E-state index in [1.165, 1.54) is 29.8 Å². The fourth-order valence-electron chi connectivity index (χ4n) is 5.60. The molecule has 1 aliphatic heterocycles. The van der Waals surface area contributed by atoms with Gasteiger partial charge < -0.3 is 10.2 Å². The largest absolute Gasteiger partial charge is 0.353 e. The summed E-state index contributed by atoms with van der Waals surface area (Å²) in [6, 6.07) is 31.8. The number of nitrogens with zero attached hydrogens (tertiary/aromatic N) is 3. The third-order valence-electron chi connectivity index (χ3n) is 7.71. The molecule has 4 aromatic carbocycles. The normalized spacial score (nSPS) is 14.7. The van der Waals surface area contributed by atoms with Crippen LogP contribution >= 0.6 is 0 Å². The van der Waals surface area contributed by atoms with E-state index in [1.54, 1.807) is 24.3 Å². The maximum absolute atomic E-state index is 13.9. The standard InChI is InChI=1S/C33H32F2N4/c34-27-14-10-25(11-15-27)32(26-12-16-28(35)17-13-26)39-31-9-5-4-8-30(31)37-33(39)36-29-19-22-38(23-20-29)21-18-24-6-2-1-3-7-24/h1-17,29,32H,18-23H2,(H,36,37). The Kier molecular flexibility index (Phi) is 7.37. The number of piperidine rings is 1. The maximum atomic E-state index is 13.9. The highest BCUT2D eigenvalue weighted by atomic mass is 19.1. The lowest BCUT2D eigenvalue weighted by atomic mass is 9.98. The van der Waals surface area contributed by atoms with Crippen LogP contribution in [-0.2, 0) is 6.42 Å². The number of halogens is 2. The SMILES string of the molecule is Fc1ccc(C(c2ccc(F)cc2)n2c(NC3CCN(CCc4ccccc4)CC3)nc3ccccc32)cc1. The summed E-state index contributed by atoms with van der Waals surface area (Å²) in [5.74, 6) is 0.200. The molecule has 0 amide bonds. The topological polar surface area (TPSA) is 33.1 Å². The van der Waals surface area contributed by atoms with Gasteiger partial charge in [0.15, 0.2) is 0 Å². The molecule has 1 fully saturated rings. The number of fused-ring (bicyclic) bond motifs is 1. The molecule has 0 atom stereocenters. The van der Waals surface area contributed by atoms with E-state index >= 15 is 0 Å². The predicted molar refractivity (Wildman–Crippen MR) is 153 cm³/mol. The second kappa shape index (κ2) is 11.4. The Bertz CT molecular complexity index is 1460. The number of imidazole rings is 1. The summed E-state index contributed by atoms with van der Waals surface area (Å²) < 4.78 is 30.0. The van der Waals surface area contributed by atoms with E-state index in [1.807, 2.05) is 18.2 Å². The molecule has 6 heteroatoms. The molecule has 0 spiro atoms. The molecule has 198 valence electrons. The smallest absolute Gasteiger partial charge is 0.204 e. The number of rotatable bonds is 8. The van der Waals surface area contributed by atoms with Crippen LogP contribution in [0.2, 0.25) is 0 Å². The van der Waals surface area contributed by atoms with E-state index < -0.39 is 0 Å². The summed E-state index contributed by atoms with van der Waals surface area (Å²) in [7, 11) is 0. The Balaban J connectivity index is 1.28. The third kappa shape index (κ3) is 5.71. The van der Waals surface area contributed by atoms with Gasteiger partial charge in [-0.1, -0.05) is 66.7 Å². The second-order valence-electron chi connectivity index (χ2n) is 10.3. The first-order valence-electron chi connectivity index (χ1n) is 13.6. The van der Waals surface area contributed by atoms with Gasteiger partial charge in [-0.2, -0.15) is 0 Å². The van der Waals surface area contributed by atoms with Crippen LogP contribution in [0.4, 0.5) is 14.7 Å². The van der Waals surface area contributed by atoms with Crippen LogP contribution in [0, 0.1) is 11.6 Å². The molecule has 39 heavy (non-hydrogen) atoms. The summed E-state index contributed by atoms with van der Waals surface area (Å²) in [5.41, 5.74) is 5.04. The van der Waals surface area contributed by atoms with E-state index in [-0.39, 0.29) is 23.7 Å². The van der Waals surface area contributed by atoms with Crippen molar-refractivity contribution in [2.75, 3.05) is 25.0 Å². The third-order valence-corrected chi connectivity index (χ3v) is 7.71. The molecule has 5 aromatic rings. The van der Waals surface area contributed by atoms with Gasteiger partial charge in [-0.05, 0) is 72.4 Å². The van der Waals surface area contributed by atoms with Crippen LogP contribution in [0.1, 0.15) is 35.6 Å². The van der Waals surface area contributed by atoms with Crippen molar-refractivity contribution >= 4 is 17.0 Å². The van der Waals surface area contributed by atoms with Gasteiger partial charge in [0.1, 0.15) is 11.6 Å². The summed E-state index contributed by atoms with van der Waals surface area (Å²) in [6.45, 7) is 3.13. The van der Waals surface area contributed by atoms with Crippen molar-refractivity contribution in [3.63, 3.8) is 0 Å². The molecular formula is C33H32F2N4. The van der Waals surface area contributed by atoms with Crippen LogP contribution < -0.4 is 5.32 Å². The van der Waals surface area contributed by atoms with E-state index in [0.29, 0.717) is 0 Å². The monoisotopic (exact) mass is 522 g/mol. The van der Waals surface area contributed by atoms with Crippen LogP contribution in [0.25, 0.3) is 11.0 Å². The quantitative estimate of drug-likeness (QED) is 0.237. The first kappa shape index (κ1) is 25.3. The lowest BCUT2D eigenvalue weighted by Gasteiger charge is -2.33. The van der Waals surface area contributed by atoms with Crippen molar-refractivity contribution in [3.05, 3.63) is 131 Å². The van der Waals surface area contributed by atoms with Crippen LogP contribution in [0.3, 0.4) is 0 Å². The minimum absolute atomic E-state index is 0.288. The minimum atomic E-state index is -0.299. The zero-order chi connectivity index (χ0) is 26.6. The van der Waals surface area contributed by atoms with Gasteiger partial charge in [-0.25, -0.2) is 13.8 Å². The molecule has 2 heterocycles. The Morgan fingerprint density at radius 2 is 1.33 bits per heavy atom. The van der Waals surface area contributed by atoms with Crippen molar-refractivity contribution < 1.29 is 8.78 Å². The van der Waals surface area contributed by atoms with Gasteiger partial charge >= 0.3 is 0 Å². The summed E-state index contributed by atoms with van der Waals surface area (Å²) >= 11 is 0. The molecule has 1 aromatic heterocycles. The number of aromatic nitrogens is 2. The molecule has 0 unspecified atom stereocenters. The van der Waals surface area contributed by atoms with E-state index in [4.69, 9.17) is 4.98 Å². The molecule has 4 nitrogen and oxygen atoms in total. The fourth-order valence-corrected chi connectivity index (χ4v) is 5.60. The summed E-state index contributed by atoms with van der Waals surface area (Å²) in [6.07, 6.45) is 3.11. The van der Waals surface area contributed by atoms with Crippen molar-refractivity contribution in [2.24, 2.45) is 0 Å². The highest BCUT2D eigenvalue weighted by Gasteiger charge is 2.26. The van der Waals surface area contributed by atoms with Gasteiger partial charge in [0.25, 0.3) is 0 Å². The van der Waals surface area contributed by atoms with Gasteiger partial charge in [-0.3, -0.25) is 4.57 Å². The lowest BCUT2D eigenvalue weighted by molar-refractivity contribution is 0.221. The van der Waals surface area contributed by atoms with Crippen LogP contribution in [0.15, 0.2) is 103 Å². The van der Waals surface area contributed by atoms with Gasteiger partial charge in [0.05, 0.1) is 17.1 Å². The summed E-state index contributed by atoms with van der Waals surface area (Å²) in [5, 5.41) is 3.75. The average Bonchev–Trinajstić information content (AvgIpc) is 3.33. The molecule has 0 bridgehead atoms. The number of hydrogen-bond donors (Lipinski definition) is 1. The molecule has 6 rings (SSSR count). The molecule has 0 aliphatic carbocycles. The van der Waals surface area contributed by atoms with E-state index in [2.05, 4.69) is 51.2 Å². The van der Waals surface area contributed by atoms with Gasteiger partial charge in [0, 0.05) is 25.7 Å². The van der Waals surface area contributed by atoms with Crippen LogP contribution in [-0.4, -0.2) is 40.1 Å². The molecule has 1 N–H and O–H groups in total. The molecule has 0 saturated carbocycles. The zero-order valence-corrected chi connectivity index (χ0v) is 21.8. The minimum Gasteiger partial charge on any atom is -0.353 e. The van der Waals surface area contributed by atoms with E-state index in [0.717, 1.165) is 67.0 Å². The Hall–Kier alpha value is -4.03. The number of likely N-dealkylation sites (tertiary alicyclic amines) is 1. The highest BCUT2D eigenvalue weighted by molar-refractivity contribution is 5.79. The zero-order valence-electron chi connectivity index (χ0n) is 21.8.